The lowest BCUT2D eigenvalue weighted by atomic mass is 10.0. The molecule has 0 spiro atoms. The number of nitrogens with one attached hydrogen (secondary N) is 2. The number of nitrogens with zero attached hydrogens (tertiary/aromatic N) is 1. The normalized spacial score (nSPS) is 15.2. The van der Waals surface area contributed by atoms with Crippen LogP contribution in [0.3, 0.4) is 0 Å². The second-order valence-electron chi connectivity index (χ2n) is 4.34. The van der Waals surface area contributed by atoms with E-state index >= 15 is 0 Å². The Morgan fingerprint density at radius 1 is 1.44 bits per heavy atom. The van der Waals surface area contributed by atoms with E-state index in [1.54, 1.807) is 6.33 Å². The average molecular weight is 235 g/mol. The van der Waals surface area contributed by atoms with Gasteiger partial charge in [-0.05, 0) is 36.8 Å². The van der Waals surface area contributed by atoms with Gasteiger partial charge in [-0.3, -0.25) is 0 Å². The summed E-state index contributed by atoms with van der Waals surface area (Å²) < 4.78 is 0. The molecule has 1 aromatic carbocycles. The monoisotopic (exact) mass is 235 g/mol. The minimum absolute atomic E-state index is 0.815. The van der Waals surface area contributed by atoms with E-state index in [0.717, 1.165) is 29.2 Å². The molecule has 1 aliphatic rings. The summed E-state index contributed by atoms with van der Waals surface area (Å²) in [5.74, 6) is 2.67. The molecule has 0 fully saturated rings. The number of hydrogen-bond acceptors (Lipinski definition) is 2. The minimum Gasteiger partial charge on any atom is -0.380 e. The first-order valence-electron chi connectivity index (χ1n) is 5.83. The highest BCUT2D eigenvalue weighted by atomic mass is 14.9. The molecule has 0 bridgehead atoms. The van der Waals surface area contributed by atoms with Gasteiger partial charge in [-0.25, -0.2) is 4.98 Å². The van der Waals surface area contributed by atoms with Crippen LogP contribution in [0, 0.1) is 19.3 Å². The maximum absolute atomic E-state index is 5.44. The smallest absolute Gasteiger partial charge is 0.0929 e. The maximum atomic E-state index is 5.44. The maximum Gasteiger partial charge on any atom is 0.0929 e. The van der Waals surface area contributed by atoms with Gasteiger partial charge in [-0.15, -0.1) is 6.42 Å². The lowest BCUT2D eigenvalue weighted by molar-refractivity contribution is 1.25. The molecule has 0 amide bonds. The Morgan fingerprint density at radius 3 is 3.06 bits per heavy atom. The van der Waals surface area contributed by atoms with Crippen molar-refractivity contribution in [3.05, 3.63) is 47.0 Å². The second kappa shape index (κ2) is 4.08. The van der Waals surface area contributed by atoms with E-state index in [1.807, 2.05) is 25.1 Å². The predicted molar refractivity (Wildman–Crippen MR) is 74.1 cm³/mol. The Kier molecular flexibility index (Phi) is 2.42. The number of fused-ring (bicyclic) bond motifs is 1. The van der Waals surface area contributed by atoms with Crippen LogP contribution in [-0.2, 0) is 0 Å². The van der Waals surface area contributed by atoms with Crippen LogP contribution in [0.1, 0.15) is 22.5 Å². The van der Waals surface area contributed by atoms with E-state index in [4.69, 9.17) is 6.42 Å². The summed E-state index contributed by atoms with van der Waals surface area (Å²) in [4.78, 5) is 7.38. The Morgan fingerprint density at radius 2 is 2.33 bits per heavy atom. The highest BCUT2D eigenvalue weighted by Crippen LogP contribution is 2.32. The van der Waals surface area contributed by atoms with Crippen molar-refractivity contribution in [2.75, 3.05) is 11.9 Å². The molecule has 18 heavy (non-hydrogen) atoms. The summed E-state index contributed by atoms with van der Waals surface area (Å²) in [6.45, 7) is 2.83. The quantitative estimate of drug-likeness (QED) is 0.746. The molecule has 0 atom stereocenters. The predicted octanol–water partition coefficient (Wildman–Crippen LogP) is 2.67. The number of aryl methyl sites for hydroxylation is 1. The Labute approximate surface area is 106 Å². The third-order valence-electron chi connectivity index (χ3n) is 3.18. The zero-order chi connectivity index (χ0) is 12.5. The van der Waals surface area contributed by atoms with Gasteiger partial charge in [0.1, 0.15) is 0 Å². The first-order chi connectivity index (χ1) is 8.78. The van der Waals surface area contributed by atoms with Crippen molar-refractivity contribution in [1.29, 1.82) is 0 Å². The Bertz CT molecular complexity index is 671. The van der Waals surface area contributed by atoms with Gasteiger partial charge < -0.3 is 10.3 Å². The summed E-state index contributed by atoms with van der Waals surface area (Å²) >= 11 is 0. The number of aromatic nitrogens is 2. The SMILES string of the molecule is C#Cc1ccc2c(c1)/C(=C/c1nc[nH]c1C)CN2. The van der Waals surface area contributed by atoms with E-state index in [2.05, 4.69) is 27.3 Å². The Hall–Kier alpha value is -2.47. The van der Waals surface area contributed by atoms with Crippen LogP contribution in [0.4, 0.5) is 5.69 Å². The fourth-order valence-corrected chi connectivity index (χ4v) is 2.15. The molecule has 1 aliphatic heterocycles. The van der Waals surface area contributed by atoms with Crippen LogP contribution in [0.25, 0.3) is 11.6 Å². The van der Waals surface area contributed by atoms with Crippen LogP contribution in [0.2, 0.25) is 0 Å². The molecular formula is C15H13N3. The number of hydrogen-bond donors (Lipinski definition) is 2. The number of terminal acetylenes is 1. The summed E-state index contributed by atoms with van der Waals surface area (Å²) in [5.41, 5.74) is 6.48. The molecule has 2 aromatic rings. The van der Waals surface area contributed by atoms with Gasteiger partial charge in [-0.1, -0.05) is 5.92 Å². The highest BCUT2D eigenvalue weighted by Gasteiger charge is 2.16. The van der Waals surface area contributed by atoms with Gasteiger partial charge in [0.15, 0.2) is 0 Å². The second-order valence-corrected chi connectivity index (χ2v) is 4.34. The third-order valence-corrected chi connectivity index (χ3v) is 3.18. The topological polar surface area (TPSA) is 40.7 Å². The highest BCUT2D eigenvalue weighted by molar-refractivity contribution is 5.93. The van der Waals surface area contributed by atoms with Crippen LogP contribution in [-0.4, -0.2) is 16.5 Å². The van der Waals surface area contributed by atoms with Crippen molar-refractivity contribution in [3.8, 4) is 12.3 Å². The molecule has 88 valence electrons. The fraction of sp³-hybridized carbons (Fsp3) is 0.133. The zero-order valence-corrected chi connectivity index (χ0v) is 10.1. The Balaban J connectivity index is 2.07. The molecule has 0 radical (unpaired) electrons. The van der Waals surface area contributed by atoms with Crippen molar-refractivity contribution in [3.63, 3.8) is 0 Å². The molecule has 0 unspecified atom stereocenters. The number of anilines is 1. The molecule has 0 saturated heterocycles. The number of aromatic amines is 1. The lowest BCUT2D eigenvalue weighted by Gasteiger charge is -2.00. The average Bonchev–Trinajstić information content (AvgIpc) is 2.97. The first kappa shape index (κ1) is 10.7. The van der Waals surface area contributed by atoms with Crippen LogP contribution >= 0.6 is 0 Å². The van der Waals surface area contributed by atoms with E-state index in [-0.39, 0.29) is 0 Å². The van der Waals surface area contributed by atoms with Crippen LogP contribution in [0.5, 0.6) is 0 Å². The van der Waals surface area contributed by atoms with Crippen molar-refractivity contribution in [1.82, 2.24) is 9.97 Å². The van der Waals surface area contributed by atoms with Crippen LogP contribution < -0.4 is 5.32 Å². The molecule has 3 heteroatoms. The first-order valence-corrected chi connectivity index (χ1v) is 5.83. The van der Waals surface area contributed by atoms with E-state index in [0.29, 0.717) is 0 Å². The number of rotatable bonds is 1. The molecule has 1 aromatic heterocycles. The van der Waals surface area contributed by atoms with Gasteiger partial charge in [-0.2, -0.15) is 0 Å². The zero-order valence-electron chi connectivity index (χ0n) is 10.1. The van der Waals surface area contributed by atoms with E-state index < -0.39 is 0 Å². The van der Waals surface area contributed by atoms with E-state index in [1.165, 1.54) is 11.1 Å². The summed E-state index contributed by atoms with van der Waals surface area (Å²) in [6, 6.07) is 6.03. The summed E-state index contributed by atoms with van der Waals surface area (Å²) in [6.07, 6.45) is 9.26. The van der Waals surface area contributed by atoms with Gasteiger partial charge in [0.2, 0.25) is 0 Å². The molecule has 3 nitrogen and oxygen atoms in total. The molecular weight excluding hydrogens is 222 g/mol. The largest absolute Gasteiger partial charge is 0.380 e. The fourth-order valence-electron chi connectivity index (χ4n) is 2.15. The van der Waals surface area contributed by atoms with Crippen molar-refractivity contribution < 1.29 is 0 Å². The minimum atomic E-state index is 0.815. The molecule has 0 saturated carbocycles. The molecule has 2 N–H and O–H groups in total. The van der Waals surface area contributed by atoms with Crippen molar-refractivity contribution >= 4 is 17.3 Å². The lowest BCUT2D eigenvalue weighted by Crippen LogP contribution is -1.91. The number of benzene rings is 1. The summed E-state index contributed by atoms with van der Waals surface area (Å²) in [7, 11) is 0. The van der Waals surface area contributed by atoms with Crippen molar-refractivity contribution in [2.24, 2.45) is 0 Å². The van der Waals surface area contributed by atoms with E-state index in [9.17, 15) is 0 Å². The summed E-state index contributed by atoms with van der Waals surface area (Å²) in [5, 5.41) is 3.36. The van der Waals surface area contributed by atoms with Crippen LogP contribution in [0.15, 0.2) is 24.5 Å². The standard InChI is InChI=1S/C15H13N3/c1-3-11-4-5-14-13(6-11)12(8-16-14)7-15-10(2)17-9-18-15/h1,4-7,9,16H,8H2,2H3,(H,17,18)/b12-7+. The van der Waals surface area contributed by atoms with Gasteiger partial charge in [0, 0.05) is 29.1 Å². The molecule has 3 rings (SSSR count). The van der Waals surface area contributed by atoms with Crippen molar-refractivity contribution in [2.45, 2.75) is 6.92 Å². The van der Waals surface area contributed by atoms with Gasteiger partial charge >= 0.3 is 0 Å². The number of imidazole rings is 1. The third kappa shape index (κ3) is 1.68. The molecule has 0 aliphatic carbocycles. The number of H-pyrrole nitrogens is 1. The molecule has 2 heterocycles. The van der Waals surface area contributed by atoms with Gasteiger partial charge in [0.25, 0.3) is 0 Å². The van der Waals surface area contributed by atoms with Gasteiger partial charge in [0.05, 0.1) is 12.0 Å².